The molecule has 1 aromatic heterocycles. The van der Waals surface area contributed by atoms with E-state index in [2.05, 4.69) is 22.9 Å². The summed E-state index contributed by atoms with van der Waals surface area (Å²) in [5.41, 5.74) is 2.09. The zero-order valence-electron chi connectivity index (χ0n) is 10.6. The average Bonchev–Trinajstić information content (AvgIpc) is 2.48. The molecule has 0 atom stereocenters. The maximum atomic E-state index is 12.2. The Labute approximate surface area is 122 Å². The molecule has 0 bridgehead atoms. The Hall–Kier alpha value is -2.33. The summed E-state index contributed by atoms with van der Waals surface area (Å²) >= 11 is 4.21. The number of carbonyl (C=O) groups excluding carboxylic acids is 1. The van der Waals surface area contributed by atoms with Crippen molar-refractivity contribution in [3.05, 3.63) is 66.4 Å². The third-order valence-electron chi connectivity index (χ3n) is 3.01. The summed E-state index contributed by atoms with van der Waals surface area (Å²) in [6.45, 7) is 0. The van der Waals surface area contributed by atoms with E-state index in [-0.39, 0.29) is 5.91 Å². The number of aromatic nitrogens is 1. The number of hydrogen-bond acceptors (Lipinski definition) is 3. The number of pyridine rings is 1. The fraction of sp³-hybridized carbons (Fsp3) is 0. The number of hydrogen-bond donors (Lipinski definition) is 2. The summed E-state index contributed by atoms with van der Waals surface area (Å²) in [4.78, 5) is 17.3. The Morgan fingerprint density at radius 2 is 1.75 bits per heavy atom. The van der Waals surface area contributed by atoms with Crippen molar-refractivity contribution in [2.45, 2.75) is 4.90 Å². The van der Waals surface area contributed by atoms with Crippen molar-refractivity contribution in [1.29, 1.82) is 0 Å². The van der Waals surface area contributed by atoms with E-state index < -0.39 is 0 Å². The van der Waals surface area contributed by atoms with E-state index >= 15 is 0 Å². The highest BCUT2D eigenvalue weighted by Gasteiger charge is 2.08. The number of carbonyl (C=O) groups is 1. The molecule has 3 aromatic rings. The second-order valence-corrected chi connectivity index (χ2v) is 4.90. The van der Waals surface area contributed by atoms with Gasteiger partial charge in [0.05, 0.1) is 11.2 Å². The Morgan fingerprint density at radius 1 is 1.00 bits per heavy atom. The molecule has 1 amide bonds. The molecule has 3 rings (SSSR count). The van der Waals surface area contributed by atoms with Crippen molar-refractivity contribution in [3.63, 3.8) is 0 Å². The van der Waals surface area contributed by atoms with Crippen molar-refractivity contribution in [2.75, 3.05) is 5.32 Å². The Balaban J connectivity index is 1.93. The van der Waals surface area contributed by atoms with Gasteiger partial charge in [-0.1, -0.05) is 18.2 Å². The molecule has 20 heavy (non-hydrogen) atoms. The number of nitrogens with one attached hydrogen (secondary N) is 1. The van der Waals surface area contributed by atoms with Gasteiger partial charge in [0.2, 0.25) is 0 Å². The topological polar surface area (TPSA) is 42.0 Å². The summed E-state index contributed by atoms with van der Waals surface area (Å²) in [5.74, 6) is -0.156. The van der Waals surface area contributed by atoms with Crippen LogP contribution >= 0.6 is 12.6 Å². The van der Waals surface area contributed by atoms with Crippen LogP contribution in [0, 0.1) is 0 Å². The molecule has 0 spiro atoms. The van der Waals surface area contributed by atoms with E-state index in [1.807, 2.05) is 30.3 Å². The number of benzene rings is 2. The van der Waals surface area contributed by atoms with E-state index in [0.717, 1.165) is 15.8 Å². The Bertz CT molecular complexity index is 764. The Morgan fingerprint density at radius 3 is 2.55 bits per heavy atom. The molecule has 0 aliphatic carbocycles. The van der Waals surface area contributed by atoms with Crippen LogP contribution in [-0.2, 0) is 0 Å². The minimum Gasteiger partial charge on any atom is -0.320 e. The van der Waals surface area contributed by atoms with Crippen LogP contribution in [0.2, 0.25) is 0 Å². The van der Waals surface area contributed by atoms with Crippen LogP contribution in [-0.4, -0.2) is 10.9 Å². The molecular formula is C16H12N2OS. The fourth-order valence-electron chi connectivity index (χ4n) is 2.01. The summed E-state index contributed by atoms with van der Waals surface area (Å²) in [6, 6.07) is 16.6. The molecule has 0 aliphatic rings. The van der Waals surface area contributed by atoms with Gasteiger partial charge in [-0.15, -0.1) is 12.6 Å². The number of nitrogens with zero attached hydrogens (tertiary/aromatic N) is 1. The Kier molecular flexibility index (Phi) is 3.39. The van der Waals surface area contributed by atoms with Gasteiger partial charge < -0.3 is 5.32 Å². The van der Waals surface area contributed by atoms with Gasteiger partial charge in [0.15, 0.2) is 0 Å². The van der Waals surface area contributed by atoms with Crippen molar-refractivity contribution < 1.29 is 4.79 Å². The molecular weight excluding hydrogens is 268 g/mol. The lowest BCUT2D eigenvalue weighted by atomic mass is 10.1. The molecule has 4 heteroatoms. The third kappa shape index (κ3) is 2.51. The first-order valence-corrected chi connectivity index (χ1v) is 6.63. The van der Waals surface area contributed by atoms with Gasteiger partial charge in [-0.25, -0.2) is 0 Å². The number of thiol groups is 1. The monoisotopic (exact) mass is 280 g/mol. The first-order chi connectivity index (χ1) is 9.74. The lowest BCUT2D eigenvalue weighted by molar-refractivity contribution is 0.102. The molecule has 0 radical (unpaired) electrons. The molecule has 0 fully saturated rings. The van der Waals surface area contributed by atoms with Crippen LogP contribution in [0.3, 0.4) is 0 Å². The SMILES string of the molecule is O=C(Nc1cccc2cccnc12)c1ccc(S)cc1. The average molecular weight is 280 g/mol. The van der Waals surface area contributed by atoms with Crippen molar-refractivity contribution in [1.82, 2.24) is 4.98 Å². The molecule has 98 valence electrons. The molecule has 3 nitrogen and oxygen atoms in total. The molecule has 1 heterocycles. The number of fused-ring (bicyclic) bond motifs is 1. The minimum atomic E-state index is -0.156. The van der Waals surface area contributed by atoms with E-state index in [1.54, 1.807) is 30.5 Å². The standard InChI is InChI=1S/C16H12N2OS/c19-16(12-6-8-13(20)9-7-12)18-14-5-1-3-11-4-2-10-17-15(11)14/h1-10,20H,(H,18,19). The van der Waals surface area contributed by atoms with Crippen molar-refractivity contribution in [2.24, 2.45) is 0 Å². The van der Waals surface area contributed by atoms with Crippen molar-refractivity contribution in [3.8, 4) is 0 Å². The first kappa shape index (κ1) is 12.7. The molecule has 0 unspecified atom stereocenters. The highest BCUT2D eigenvalue weighted by Crippen LogP contribution is 2.21. The van der Waals surface area contributed by atoms with Gasteiger partial charge in [0.1, 0.15) is 0 Å². The van der Waals surface area contributed by atoms with Crippen LogP contribution < -0.4 is 5.32 Å². The quantitative estimate of drug-likeness (QED) is 0.702. The summed E-state index contributed by atoms with van der Waals surface area (Å²) in [6.07, 6.45) is 1.72. The zero-order valence-corrected chi connectivity index (χ0v) is 11.5. The van der Waals surface area contributed by atoms with E-state index in [0.29, 0.717) is 11.3 Å². The third-order valence-corrected chi connectivity index (χ3v) is 3.31. The second-order valence-electron chi connectivity index (χ2n) is 4.38. The molecule has 0 aliphatic heterocycles. The number of amides is 1. The van der Waals surface area contributed by atoms with Crippen LogP contribution in [0.15, 0.2) is 65.7 Å². The molecule has 0 saturated heterocycles. The highest BCUT2D eigenvalue weighted by molar-refractivity contribution is 7.80. The minimum absolute atomic E-state index is 0.156. The number of rotatable bonds is 2. The van der Waals surface area contributed by atoms with E-state index in [1.165, 1.54) is 0 Å². The number of para-hydroxylation sites is 1. The summed E-state index contributed by atoms with van der Waals surface area (Å²) in [5, 5.41) is 3.89. The number of anilines is 1. The van der Waals surface area contributed by atoms with Crippen LogP contribution in [0.4, 0.5) is 5.69 Å². The van der Waals surface area contributed by atoms with Crippen molar-refractivity contribution >= 4 is 35.1 Å². The van der Waals surface area contributed by atoms with Gasteiger partial charge in [-0.05, 0) is 36.4 Å². The van der Waals surface area contributed by atoms with Gasteiger partial charge in [-0.2, -0.15) is 0 Å². The second kappa shape index (κ2) is 5.35. The van der Waals surface area contributed by atoms with Gasteiger partial charge >= 0.3 is 0 Å². The van der Waals surface area contributed by atoms with Crippen LogP contribution in [0.1, 0.15) is 10.4 Å². The molecule has 2 aromatic carbocycles. The fourth-order valence-corrected chi connectivity index (χ4v) is 2.16. The first-order valence-electron chi connectivity index (χ1n) is 6.18. The lowest BCUT2D eigenvalue weighted by Gasteiger charge is -2.08. The smallest absolute Gasteiger partial charge is 0.255 e. The summed E-state index contributed by atoms with van der Waals surface area (Å²) in [7, 11) is 0. The highest BCUT2D eigenvalue weighted by atomic mass is 32.1. The summed E-state index contributed by atoms with van der Waals surface area (Å²) < 4.78 is 0. The van der Waals surface area contributed by atoms with Crippen LogP contribution in [0.25, 0.3) is 10.9 Å². The zero-order chi connectivity index (χ0) is 13.9. The largest absolute Gasteiger partial charge is 0.320 e. The van der Waals surface area contributed by atoms with E-state index in [4.69, 9.17) is 0 Å². The van der Waals surface area contributed by atoms with Gasteiger partial charge in [0, 0.05) is 22.0 Å². The predicted octanol–water partition coefficient (Wildman–Crippen LogP) is 3.78. The van der Waals surface area contributed by atoms with Crippen LogP contribution in [0.5, 0.6) is 0 Å². The predicted molar refractivity (Wildman–Crippen MR) is 83.4 cm³/mol. The van der Waals surface area contributed by atoms with Gasteiger partial charge in [0.25, 0.3) is 5.91 Å². The normalized spacial score (nSPS) is 10.4. The molecule has 0 saturated carbocycles. The van der Waals surface area contributed by atoms with E-state index in [9.17, 15) is 4.79 Å². The van der Waals surface area contributed by atoms with Gasteiger partial charge in [-0.3, -0.25) is 9.78 Å². The maximum Gasteiger partial charge on any atom is 0.255 e. The maximum absolute atomic E-state index is 12.2. The molecule has 1 N–H and O–H groups in total. The lowest BCUT2D eigenvalue weighted by Crippen LogP contribution is -2.12.